The Balaban J connectivity index is 2.89. The van der Waals surface area contributed by atoms with Gasteiger partial charge in [0.2, 0.25) is 11.7 Å². The molecule has 0 fully saturated rings. The molecular formula is C12H18N2O4. The van der Waals surface area contributed by atoms with Gasteiger partial charge in [-0.2, -0.15) is 0 Å². The molecule has 0 saturated carbocycles. The van der Waals surface area contributed by atoms with Crippen molar-refractivity contribution < 1.29 is 19.0 Å². The average Bonchev–Trinajstić information content (AvgIpc) is 2.36. The van der Waals surface area contributed by atoms with Crippen LogP contribution in [0.1, 0.15) is 6.42 Å². The van der Waals surface area contributed by atoms with Crippen LogP contribution in [0.25, 0.3) is 0 Å². The number of carbonyl (C=O) groups excluding carboxylic acids is 1. The summed E-state index contributed by atoms with van der Waals surface area (Å²) in [6.45, 7) is 0.452. The van der Waals surface area contributed by atoms with Gasteiger partial charge in [0.15, 0.2) is 11.5 Å². The minimum absolute atomic E-state index is 0.261. The number of carbonyl (C=O) groups is 1. The molecule has 18 heavy (non-hydrogen) atoms. The second-order valence-corrected chi connectivity index (χ2v) is 3.56. The SMILES string of the molecule is COc1cc(NCCC(N)=O)cc(OC)c1OC. The van der Waals surface area contributed by atoms with Crippen molar-refractivity contribution in [2.75, 3.05) is 33.2 Å². The van der Waals surface area contributed by atoms with Crippen LogP contribution < -0.4 is 25.3 Å². The van der Waals surface area contributed by atoms with E-state index in [1.807, 2.05) is 0 Å². The van der Waals surface area contributed by atoms with Gasteiger partial charge in [0.1, 0.15) is 0 Å². The van der Waals surface area contributed by atoms with Crippen molar-refractivity contribution in [2.45, 2.75) is 6.42 Å². The molecule has 0 radical (unpaired) electrons. The highest BCUT2D eigenvalue weighted by molar-refractivity contribution is 5.74. The highest BCUT2D eigenvalue weighted by Crippen LogP contribution is 2.39. The van der Waals surface area contributed by atoms with Crippen LogP contribution in [0.5, 0.6) is 17.2 Å². The topological polar surface area (TPSA) is 82.8 Å². The third-order valence-electron chi connectivity index (χ3n) is 2.37. The van der Waals surface area contributed by atoms with E-state index < -0.39 is 0 Å². The number of methoxy groups -OCH3 is 3. The Morgan fingerprint density at radius 1 is 1.17 bits per heavy atom. The molecule has 0 bridgehead atoms. The maximum atomic E-state index is 10.6. The Bertz CT molecular complexity index is 396. The average molecular weight is 254 g/mol. The highest BCUT2D eigenvalue weighted by Gasteiger charge is 2.12. The van der Waals surface area contributed by atoms with Crippen LogP contribution >= 0.6 is 0 Å². The molecule has 0 aliphatic carbocycles. The monoisotopic (exact) mass is 254 g/mol. The van der Waals surface area contributed by atoms with E-state index in [1.54, 1.807) is 33.5 Å². The lowest BCUT2D eigenvalue weighted by molar-refractivity contribution is -0.117. The van der Waals surface area contributed by atoms with E-state index in [4.69, 9.17) is 19.9 Å². The second-order valence-electron chi connectivity index (χ2n) is 3.56. The van der Waals surface area contributed by atoms with Gasteiger partial charge in [-0.25, -0.2) is 0 Å². The zero-order valence-electron chi connectivity index (χ0n) is 10.8. The maximum Gasteiger partial charge on any atom is 0.219 e. The fraction of sp³-hybridized carbons (Fsp3) is 0.417. The summed E-state index contributed by atoms with van der Waals surface area (Å²) in [5, 5.41) is 3.06. The predicted octanol–water partition coefficient (Wildman–Crippen LogP) is 1.000. The fourth-order valence-electron chi connectivity index (χ4n) is 1.51. The molecule has 100 valence electrons. The molecule has 0 spiro atoms. The lowest BCUT2D eigenvalue weighted by Crippen LogP contribution is -2.15. The van der Waals surface area contributed by atoms with Crippen LogP contribution in [0.4, 0.5) is 5.69 Å². The van der Waals surface area contributed by atoms with Gasteiger partial charge in [-0.1, -0.05) is 0 Å². The summed E-state index contributed by atoms with van der Waals surface area (Å²) in [5.74, 6) is 1.28. The Morgan fingerprint density at radius 3 is 2.11 bits per heavy atom. The predicted molar refractivity (Wildman–Crippen MR) is 68.4 cm³/mol. The van der Waals surface area contributed by atoms with Gasteiger partial charge in [0, 0.05) is 30.8 Å². The Hall–Kier alpha value is -2.11. The number of nitrogens with two attached hydrogens (primary N) is 1. The van der Waals surface area contributed by atoms with E-state index in [1.165, 1.54) is 0 Å². The number of benzene rings is 1. The summed E-state index contributed by atoms with van der Waals surface area (Å²) < 4.78 is 15.6. The van der Waals surface area contributed by atoms with E-state index >= 15 is 0 Å². The van der Waals surface area contributed by atoms with Gasteiger partial charge in [-0.3, -0.25) is 4.79 Å². The van der Waals surface area contributed by atoms with Crippen molar-refractivity contribution in [1.29, 1.82) is 0 Å². The number of anilines is 1. The van der Waals surface area contributed by atoms with Gasteiger partial charge >= 0.3 is 0 Å². The number of amides is 1. The minimum Gasteiger partial charge on any atom is -0.493 e. The first-order chi connectivity index (χ1) is 8.62. The summed E-state index contributed by atoms with van der Waals surface area (Å²) in [4.78, 5) is 10.6. The van der Waals surface area contributed by atoms with E-state index in [0.717, 1.165) is 5.69 Å². The van der Waals surface area contributed by atoms with E-state index in [2.05, 4.69) is 5.32 Å². The molecule has 0 heterocycles. The minimum atomic E-state index is -0.352. The van der Waals surface area contributed by atoms with Crippen molar-refractivity contribution in [2.24, 2.45) is 5.73 Å². The molecule has 1 aromatic rings. The third kappa shape index (κ3) is 3.44. The number of primary amides is 1. The first-order valence-electron chi connectivity index (χ1n) is 5.44. The van der Waals surface area contributed by atoms with Crippen LogP contribution in [0.3, 0.4) is 0 Å². The van der Waals surface area contributed by atoms with Crippen LogP contribution in [-0.2, 0) is 4.79 Å². The molecule has 1 amide bonds. The van der Waals surface area contributed by atoms with Crippen molar-refractivity contribution >= 4 is 11.6 Å². The first kappa shape index (κ1) is 14.0. The van der Waals surface area contributed by atoms with Gasteiger partial charge in [-0.05, 0) is 0 Å². The smallest absolute Gasteiger partial charge is 0.219 e. The summed E-state index contributed by atoms with van der Waals surface area (Å²) >= 11 is 0. The first-order valence-corrected chi connectivity index (χ1v) is 5.44. The summed E-state index contributed by atoms with van der Waals surface area (Å²) in [7, 11) is 4.63. The van der Waals surface area contributed by atoms with Crippen molar-refractivity contribution in [3.63, 3.8) is 0 Å². The van der Waals surface area contributed by atoms with Crippen LogP contribution in [0.2, 0.25) is 0 Å². The quantitative estimate of drug-likeness (QED) is 0.758. The highest BCUT2D eigenvalue weighted by atomic mass is 16.5. The Morgan fingerprint density at radius 2 is 1.72 bits per heavy atom. The number of nitrogens with one attached hydrogen (secondary N) is 1. The van der Waals surface area contributed by atoms with Gasteiger partial charge < -0.3 is 25.3 Å². The molecule has 0 aliphatic rings. The zero-order chi connectivity index (χ0) is 13.5. The Labute approximate surface area is 106 Å². The summed E-state index contributed by atoms with van der Waals surface area (Å²) in [5.41, 5.74) is 5.84. The molecule has 0 unspecified atom stereocenters. The largest absolute Gasteiger partial charge is 0.493 e. The molecule has 6 nitrogen and oxygen atoms in total. The van der Waals surface area contributed by atoms with Crippen molar-refractivity contribution in [3.8, 4) is 17.2 Å². The Kier molecular flexibility index (Phi) is 5.10. The van der Waals surface area contributed by atoms with E-state index in [9.17, 15) is 4.79 Å². The molecule has 1 rings (SSSR count). The van der Waals surface area contributed by atoms with E-state index in [0.29, 0.717) is 23.8 Å². The maximum absolute atomic E-state index is 10.6. The number of hydrogen-bond donors (Lipinski definition) is 2. The molecule has 0 atom stereocenters. The zero-order valence-corrected chi connectivity index (χ0v) is 10.8. The molecule has 1 aromatic carbocycles. The van der Waals surface area contributed by atoms with Gasteiger partial charge in [0.25, 0.3) is 0 Å². The second kappa shape index (κ2) is 6.58. The van der Waals surface area contributed by atoms with Gasteiger partial charge in [-0.15, -0.1) is 0 Å². The molecule has 6 heteroatoms. The molecule has 0 aliphatic heterocycles. The number of ether oxygens (including phenoxy) is 3. The molecular weight excluding hydrogens is 236 g/mol. The summed E-state index contributed by atoms with van der Waals surface area (Å²) in [6.07, 6.45) is 0.261. The number of rotatable bonds is 7. The van der Waals surface area contributed by atoms with Crippen molar-refractivity contribution in [3.05, 3.63) is 12.1 Å². The number of hydrogen-bond acceptors (Lipinski definition) is 5. The third-order valence-corrected chi connectivity index (χ3v) is 2.37. The lowest BCUT2D eigenvalue weighted by Gasteiger charge is -2.14. The standard InChI is InChI=1S/C12H18N2O4/c1-16-9-6-8(14-5-4-11(13)15)7-10(17-2)12(9)18-3/h6-7,14H,4-5H2,1-3H3,(H2,13,15). The normalized spacial score (nSPS) is 9.72. The molecule has 3 N–H and O–H groups in total. The van der Waals surface area contributed by atoms with Crippen molar-refractivity contribution in [1.82, 2.24) is 0 Å². The fourth-order valence-corrected chi connectivity index (χ4v) is 1.51. The molecule has 0 saturated heterocycles. The summed E-state index contributed by atoms with van der Waals surface area (Å²) in [6, 6.07) is 3.53. The van der Waals surface area contributed by atoms with Gasteiger partial charge in [0.05, 0.1) is 21.3 Å². The molecule has 0 aromatic heterocycles. The van der Waals surface area contributed by atoms with Crippen LogP contribution in [-0.4, -0.2) is 33.8 Å². The van der Waals surface area contributed by atoms with Crippen LogP contribution in [0.15, 0.2) is 12.1 Å². The van der Waals surface area contributed by atoms with Crippen LogP contribution in [0, 0.1) is 0 Å². The van der Waals surface area contributed by atoms with E-state index in [-0.39, 0.29) is 12.3 Å². The lowest BCUT2D eigenvalue weighted by atomic mass is 10.2.